The quantitative estimate of drug-likeness (QED) is 0.646. The number of halogens is 1. The zero-order chi connectivity index (χ0) is 19.2. The van der Waals surface area contributed by atoms with Crippen LogP contribution < -0.4 is 14.8 Å². The molecule has 0 saturated carbocycles. The number of carbonyl (C=O) groups is 1. The zero-order valence-corrected chi connectivity index (χ0v) is 15.9. The van der Waals surface area contributed by atoms with Gasteiger partial charge in [-0.05, 0) is 48.4 Å². The van der Waals surface area contributed by atoms with Crippen molar-refractivity contribution >= 4 is 17.5 Å². The van der Waals surface area contributed by atoms with Crippen molar-refractivity contribution in [1.82, 2.24) is 5.32 Å². The molecule has 1 aromatic heterocycles. The second kappa shape index (κ2) is 8.64. The molecule has 0 radical (unpaired) electrons. The van der Waals surface area contributed by atoms with Crippen molar-refractivity contribution in [3.63, 3.8) is 0 Å². The predicted molar refractivity (Wildman–Crippen MR) is 105 cm³/mol. The van der Waals surface area contributed by atoms with E-state index < -0.39 is 0 Å². The summed E-state index contributed by atoms with van der Waals surface area (Å²) in [5, 5.41) is 3.47. The predicted octanol–water partition coefficient (Wildman–Crippen LogP) is 4.59. The Hall–Kier alpha value is -2.92. The normalized spacial score (nSPS) is 10.5. The van der Waals surface area contributed by atoms with Gasteiger partial charge < -0.3 is 19.2 Å². The third-order valence-electron chi connectivity index (χ3n) is 4.09. The summed E-state index contributed by atoms with van der Waals surface area (Å²) in [6.45, 7) is 0.474. The van der Waals surface area contributed by atoms with E-state index in [9.17, 15) is 4.79 Å². The Morgan fingerprint density at radius 3 is 2.59 bits per heavy atom. The Morgan fingerprint density at radius 2 is 1.85 bits per heavy atom. The third-order valence-corrected chi connectivity index (χ3v) is 4.32. The molecule has 0 atom stereocenters. The molecule has 1 amide bonds. The molecule has 6 heteroatoms. The van der Waals surface area contributed by atoms with Crippen molar-refractivity contribution < 1.29 is 18.7 Å². The van der Waals surface area contributed by atoms with Gasteiger partial charge in [-0.3, -0.25) is 4.79 Å². The van der Waals surface area contributed by atoms with Crippen molar-refractivity contribution in [2.45, 2.75) is 6.42 Å². The molecule has 3 aromatic rings. The van der Waals surface area contributed by atoms with E-state index in [0.717, 1.165) is 11.1 Å². The summed E-state index contributed by atoms with van der Waals surface area (Å²) < 4.78 is 16.2. The lowest BCUT2D eigenvalue weighted by molar-refractivity contribution is 0.0927. The molecule has 27 heavy (non-hydrogen) atoms. The summed E-state index contributed by atoms with van der Waals surface area (Å²) in [5.41, 5.74) is 1.86. The molecule has 1 heterocycles. The Morgan fingerprint density at radius 1 is 1.04 bits per heavy atom. The summed E-state index contributed by atoms with van der Waals surface area (Å²) in [4.78, 5) is 12.3. The van der Waals surface area contributed by atoms with Gasteiger partial charge in [0.1, 0.15) is 5.76 Å². The highest BCUT2D eigenvalue weighted by atomic mass is 35.5. The van der Waals surface area contributed by atoms with Crippen LogP contribution in [-0.4, -0.2) is 26.7 Å². The molecule has 0 aliphatic rings. The van der Waals surface area contributed by atoms with E-state index in [-0.39, 0.29) is 11.7 Å². The van der Waals surface area contributed by atoms with Crippen LogP contribution in [0.1, 0.15) is 16.1 Å². The van der Waals surface area contributed by atoms with Crippen LogP contribution in [0.4, 0.5) is 0 Å². The van der Waals surface area contributed by atoms with E-state index in [0.29, 0.717) is 35.2 Å². The fraction of sp³-hybridized carbons (Fsp3) is 0.190. The number of carbonyl (C=O) groups excluding carboxylic acids is 1. The molecule has 1 N–H and O–H groups in total. The molecule has 140 valence electrons. The number of nitrogens with one attached hydrogen (secondary N) is 1. The van der Waals surface area contributed by atoms with Gasteiger partial charge in [-0.15, -0.1) is 0 Å². The van der Waals surface area contributed by atoms with Crippen LogP contribution in [0.3, 0.4) is 0 Å². The molecule has 0 fully saturated rings. The number of rotatable bonds is 7. The number of hydrogen-bond donors (Lipinski definition) is 1. The minimum Gasteiger partial charge on any atom is -0.493 e. The van der Waals surface area contributed by atoms with Crippen molar-refractivity contribution in [1.29, 1.82) is 0 Å². The van der Waals surface area contributed by atoms with Crippen LogP contribution in [0.15, 0.2) is 59.0 Å². The van der Waals surface area contributed by atoms with E-state index in [2.05, 4.69) is 5.32 Å². The highest BCUT2D eigenvalue weighted by Gasteiger charge is 2.12. The molecular weight excluding hydrogens is 366 g/mol. The number of ether oxygens (including phenoxy) is 2. The monoisotopic (exact) mass is 385 g/mol. The molecule has 0 saturated heterocycles. The van der Waals surface area contributed by atoms with Crippen LogP contribution in [0.2, 0.25) is 5.02 Å². The first-order valence-corrected chi connectivity index (χ1v) is 8.83. The van der Waals surface area contributed by atoms with Crippen LogP contribution in [0.5, 0.6) is 11.5 Å². The largest absolute Gasteiger partial charge is 0.493 e. The Balaban J connectivity index is 1.59. The summed E-state index contributed by atoms with van der Waals surface area (Å²) >= 11 is 5.99. The van der Waals surface area contributed by atoms with E-state index in [4.69, 9.17) is 25.5 Å². The highest BCUT2D eigenvalue weighted by Crippen LogP contribution is 2.28. The van der Waals surface area contributed by atoms with Crippen LogP contribution >= 0.6 is 11.6 Å². The van der Waals surface area contributed by atoms with Gasteiger partial charge in [0.25, 0.3) is 5.91 Å². The average molecular weight is 386 g/mol. The lowest BCUT2D eigenvalue weighted by Gasteiger charge is -2.09. The lowest BCUT2D eigenvalue weighted by atomic mass is 10.1. The van der Waals surface area contributed by atoms with Gasteiger partial charge in [0.15, 0.2) is 17.3 Å². The summed E-state index contributed by atoms with van der Waals surface area (Å²) in [6, 6.07) is 16.4. The maximum Gasteiger partial charge on any atom is 0.287 e. The zero-order valence-electron chi connectivity index (χ0n) is 15.1. The molecule has 2 aromatic carbocycles. The Labute approximate surface area is 162 Å². The molecule has 0 aliphatic carbocycles. The molecule has 0 unspecified atom stereocenters. The molecule has 3 rings (SSSR count). The Bertz CT molecular complexity index is 935. The fourth-order valence-electron chi connectivity index (χ4n) is 2.70. The summed E-state index contributed by atoms with van der Waals surface area (Å²) in [7, 11) is 3.19. The Kier molecular flexibility index (Phi) is 6.04. The van der Waals surface area contributed by atoms with Gasteiger partial charge in [-0.25, -0.2) is 0 Å². The first kappa shape index (κ1) is 18.9. The van der Waals surface area contributed by atoms with Crippen molar-refractivity contribution in [2.24, 2.45) is 0 Å². The topological polar surface area (TPSA) is 60.7 Å². The van der Waals surface area contributed by atoms with Gasteiger partial charge in [-0.1, -0.05) is 29.8 Å². The molecule has 0 bridgehead atoms. The van der Waals surface area contributed by atoms with Gasteiger partial charge in [0.05, 0.1) is 14.2 Å². The maximum absolute atomic E-state index is 12.3. The number of benzene rings is 2. The SMILES string of the molecule is COc1ccc(CCNC(=O)c2ccc(-c3cccc(Cl)c3)o2)cc1OC. The molecule has 5 nitrogen and oxygen atoms in total. The fourth-order valence-corrected chi connectivity index (χ4v) is 2.89. The first-order chi connectivity index (χ1) is 13.1. The van der Waals surface area contributed by atoms with Crippen LogP contribution in [-0.2, 0) is 6.42 Å². The highest BCUT2D eigenvalue weighted by molar-refractivity contribution is 6.30. The molecule has 0 spiro atoms. The van der Waals surface area contributed by atoms with Crippen LogP contribution in [0.25, 0.3) is 11.3 Å². The average Bonchev–Trinajstić information content (AvgIpc) is 3.18. The van der Waals surface area contributed by atoms with Crippen molar-refractivity contribution in [3.05, 3.63) is 70.9 Å². The van der Waals surface area contributed by atoms with Gasteiger partial charge in [-0.2, -0.15) is 0 Å². The van der Waals surface area contributed by atoms with Crippen molar-refractivity contribution in [2.75, 3.05) is 20.8 Å². The van der Waals surface area contributed by atoms with Crippen LogP contribution in [0, 0.1) is 0 Å². The first-order valence-electron chi connectivity index (χ1n) is 8.45. The van der Waals surface area contributed by atoms with Gasteiger partial charge in [0.2, 0.25) is 0 Å². The number of furan rings is 1. The standard InChI is InChI=1S/C21H20ClNO4/c1-25-18-7-6-14(12-20(18)26-2)10-11-23-21(24)19-9-8-17(27-19)15-4-3-5-16(22)13-15/h3-9,12-13H,10-11H2,1-2H3,(H,23,24). The minimum atomic E-state index is -0.260. The summed E-state index contributed by atoms with van der Waals surface area (Å²) in [6.07, 6.45) is 0.661. The number of hydrogen-bond acceptors (Lipinski definition) is 4. The summed E-state index contributed by atoms with van der Waals surface area (Å²) in [5.74, 6) is 1.94. The second-order valence-corrected chi connectivity index (χ2v) is 6.31. The van der Waals surface area contributed by atoms with E-state index in [1.54, 1.807) is 38.5 Å². The smallest absolute Gasteiger partial charge is 0.287 e. The van der Waals surface area contributed by atoms with Gasteiger partial charge in [0, 0.05) is 17.1 Å². The van der Waals surface area contributed by atoms with Gasteiger partial charge >= 0.3 is 0 Å². The number of amides is 1. The van der Waals surface area contributed by atoms with E-state index >= 15 is 0 Å². The van der Waals surface area contributed by atoms with E-state index in [1.807, 2.05) is 30.3 Å². The second-order valence-electron chi connectivity index (χ2n) is 5.87. The lowest BCUT2D eigenvalue weighted by Crippen LogP contribution is -2.25. The third kappa shape index (κ3) is 4.63. The maximum atomic E-state index is 12.3. The van der Waals surface area contributed by atoms with Crippen molar-refractivity contribution in [3.8, 4) is 22.8 Å². The number of methoxy groups -OCH3 is 2. The molecular formula is C21H20ClNO4. The molecule has 0 aliphatic heterocycles. The van der Waals surface area contributed by atoms with E-state index in [1.165, 1.54) is 0 Å². The minimum absolute atomic E-state index is 0.260.